The molecule has 0 spiro atoms. The number of hydrogen-bond donors (Lipinski definition) is 3. The highest BCUT2D eigenvalue weighted by atomic mass is 19.3. The van der Waals surface area contributed by atoms with Crippen LogP contribution in [0.5, 0.6) is 11.8 Å². The van der Waals surface area contributed by atoms with E-state index in [1.165, 1.54) is 25.1 Å². The van der Waals surface area contributed by atoms with Gasteiger partial charge >= 0.3 is 6.61 Å². The zero-order valence-corrected chi connectivity index (χ0v) is 14.2. The first-order chi connectivity index (χ1) is 12.6. The monoisotopic (exact) mass is 366 g/mol. The number of piperidine rings is 1. The molecule has 2 aromatic rings. The number of nitrogens with zero attached hydrogens (tertiary/aromatic N) is 3. The van der Waals surface area contributed by atoms with Crippen LogP contribution in [0.25, 0.3) is 0 Å². The molecule has 4 heterocycles. The third-order valence-electron chi connectivity index (χ3n) is 4.92. The zero-order valence-electron chi connectivity index (χ0n) is 14.2. The summed E-state index contributed by atoms with van der Waals surface area (Å²) < 4.78 is 34.7. The van der Waals surface area contributed by atoms with E-state index in [4.69, 9.17) is 4.74 Å². The molecule has 2 aliphatic heterocycles. The number of alkyl halides is 2. The second-order valence-electron chi connectivity index (χ2n) is 6.66. The van der Waals surface area contributed by atoms with Gasteiger partial charge in [-0.15, -0.1) is 0 Å². The van der Waals surface area contributed by atoms with Crippen molar-refractivity contribution in [1.82, 2.24) is 25.5 Å². The quantitative estimate of drug-likeness (QED) is 0.722. The number of fused-ring (bicyclic) bond motifs is 2. The third kappa shape index (κ3) is 3.69. The van der Waals surface area contributed by atoms with E-state index in [1.807, 2.05) is 0 Å². The predicted molar refractivity (Wildman–Crippen MR) is 88.7 cm³/mol. The Morgan fingerprint density at radius 3 is 3.00 bits per heavy atom. The van der Waals surface area contributed by atoms with E-state index < -0.39 is 6.61 Å². The van der Waals surface area contributed by atoms with Crippen molar-refractivity contribution < 1.29 is 18.3 Å². The maximum atomic E-state index is 12.2. The van der Waals surface area contributed by atoms with Crippen molar-refractivity contribution in [2.24, 2.45) is 5.92 Å². The Morgan fingerprint density at radius 2 is 2.15 bits per heavy atom. The number of ether oxygens (including phenoxy) is 2. The molecule has 4 rings (SSSR count). The Kier molecular flexibility index (Phi) is 4.58. The van der Waals surface area contributed by atoms with Gasteiger partial charge in [-0.1, -0.05) is 6.92 Å². The smallest absolute Gasteiger partial charge is 0.388 e. The first-order valence-electron chi connectivity index (χ1n) is 8.59. The molecule has 0 saturated carbocycles. The highest BCUT2D eigenvalue weighted by molar-refractivity contribution is 5.52. The van der Waals surface area contributed by atoms with Crippen molar-refractivity contribution in [3.63, 3.8) is 0 Å². The first-order valence-corrected chi connectivity index (χ1v) is 8.59. The molecule has 10 heteroatoms. The number of anilines is 2. The Morgan fingerprint density at radius 1 is 1.27 bits per heavy atom. The SMILES string of the molecule is C[C@H]1[C@@H]2CC[C@H](C[C@@H]1Oc1cncc(Nc3cc(OC(F)F)[nH]n3)n1)N2. The van der Waals surface area contributed by atoms with Crippen molar-refractivity contribution in [2.45, 2.75) is 51.0 Å². The lowest BCUT2D eigenvalue weighted by atomic mass is 9.91. The second kappa shape index (κ2) is 7.02. The summed E-state index contributed by atoms with van der Waals surface area (Å²) in [5.74, 6) is 1.38. The third-order valence-corrected chi connectivity index (χ3v) is 4.92. The van der Waals surface area contributed by atoms with E-state index in [-0.39, 0.29) is 12.0 Å². The topological polar surface area (TPSA) is 97.0 Å². The van der Waals surface area contributed by atoms with Crippen LogP contribution in [0.15, 0.2) is 18.5 Å². The fourth-order valence-corrected chi connectivity index (χ4v) is 3.64. The Labute approximate surface area is 148 Å². The average molecular weight is 366 g/mol. The van der Waals surface area contributed by atoms with Crippen LogP contribution in [0, 0.1) is 5.92 Å². The van der Waals surface area contributed by atoms with Gasteiger partial charge in [0.15, 0.2) is 11.6 Å². The van der Waals surface area contributed by atoms with Crippen LogP contribution in [-0.4, -0.2) is 45.0 Å². The van der Waals surface area contributed by atoms with E-state index in [9.17, 15) is 8.78 Å². The molecule has 2 aromatic heterocycles. The van der Waals surface area contributed by atoms with Crippen LogP contribution in [0.1, 0.15) is 26.2 Å². The van der Waals surface area contributed by atoms with Gasteiger partial charge < -0.3 is 20.1 Å². The predicted octanol–water partition coefficient (Wildman–Crippen LogP) is 2.45. The number of halogens is 2. The molecule has 2 bridgehead atoms. The van der Waals surface area contributed by atoms with E-state index in [0.29, 0.717) is 35.5 Å². The number of hydrogen-bond acceptors (Lipinski definition) is 7. The Balaban J connectivity index is 1.41. The number of rotatable bonds is 6. The Hall–Kier alpha value is -2.49. The summed E-state index contributed by atoms with van der Waals surface area (Å²) in [4.78, 5) is 8.50. The summed E-state index contributed by atoms with van der Waals surface area (Å²) >= 11 is 0. The van der Waals surface area contributed by atoms with Crippen molar-refractivity contribution in [3.8, 4) is 11.8 Å². The highest BCUT2D eigenvalue weighted by Crippen LogP contribution is 2.33. The maximum Gasteiger partial charge on any atom is 0.388 e. The van der Waals surface area contributed by atoms with Crippen molar-refractivity contribution in [1.29, 1.82) is 0 Å². The normalized spacial score (nSPS) is 27.5. The van der Waals surface area contributed by atoms with Gasteiger partial charge in [0.25, 0.3) is 0 Å². The molecule has 0 unspecified atom stereocenters. The minimum Gasteiger partial charge on any atom is -0.473 e. The van der Waals surface area contributed by atoms with Gasteiger partial charge in [0.1, 0.15) is 6.10 Å². The van der Waals surface area contributed by atoms with Crippen LogP contribution in [0.2, 0.25) is 0 Å². The lowest BCUT2D eigenvalue weighted by Gasteiger charge is -2.35. The number of aromatic nitrogens is 4. The maximum absolute atomic E-state index is 12.2. The van der Waals surface area contributed by atoms with Crippen LogP contribution in [0.4, 0.5) is 20.4 Å². The molecular formula is C16H20F2N6O2. The summed E-state index contributed by atoms with van der Waals surface area (Å²) in [6, 6.07) is 2.31. The second-order valence-corrected chi connectivity index (χ2v) is 6.66. The molecule has 3 N–H and O–H groups in total. The van der Waals surface area contributed by atoms with Crippen LogP contribution < -0.4 is 20.1 Å². The first kappa shape index (κ1) is 17.0. The van der Waals surface area contributed by atoms with Gasteiger partial charge in [-0.25, -0.2) is 5.10 Å². The molecule has 8 nitrogen and oxygen atoms in total. The molecule has 0 radical (unpaired) electrons. The molecule has 0 aliphatic carbocycles. The zero-order chi connectivity index (χ0) is 18.1. The molecule has 140 valence electrons. The fourth-order valence-electron chi connectivity index (χ4n) is 3.64. The molecule has 0 aromatic carbocycles. The van der Waals surface area contributed by atoms with Crippen molar-refractivity contribution >= 4 is 11.6 Å². The summed E-state index contributed by atoms with van der Waals surface area (Å²) in [6.07, 6.45) is 6.48. The number of nitrogens with one attached hydrogen (secondary N) is 3. The molecule has 2 fully saturated rings. The van der Waals surface area contributed by atoms with Gasteiger partial charge in [-0.05, 0) is 19.3 Å². The minimum atomic E-state index is -2.91. The summed E-state index contributed by atoms with van der Waals surface area (Å²) in [6.45, 7) is -0.727. The lowest BCUT2D eigenvalue weighted by Crippen LogP contribution is -2.49. The van der Waals surface area contributed by atoms with Gasteiger partial charge in [-0.2, -0.15) is 18.9 Å². The van der Waals surface area contributed by atoms with Crippen LogP contribution in [-0.2, 0) is 0 Å². The van der Waals surface area contributed by atoms with E-state index in [2.05, 4.69) is 42.5 Å². The standard InChI is InChI=1S/C16H20F2N6O2/c1-8-10-3-2-9(20-10)4-11(8)25-15-7-19-6-13(22-15)21-12-5-14(24-23-12)26-16(17)18/h5-11,16,20H,2-4H2,1H3,(H2,21,22,23,24)/t8-,9+,10-,11-/m0/s1. The highest BCUT2D eigenvalue weighted by Gasteiger charge is 2.40. The van der Waals surface area contributed by atoms with Crippen LogP contribution in [0.3, 0.4) is 0 Å². The average Bonchev–Trinajstić information content (AvgIpc) is 3.20. The van der Waals surface area contributed by atoms with Gasteiger partial charge in [0.2, 0.25) is 11.8 Å². The molecule has 0 amide bonds. The minimum absolute atomic E-state index is 0.0923. The largest absolute Gasteiger partial charge is 0.473 e. The van der Waals surface area contributed by atoms with Crippen molar-refractivity contribution in [2.75, 3.05) is 5.32 Å². The lowest BCUT2D eigenvalue weighted by molar-refractivity contribution is -0.0528. The molecule has 26 heavy (non-hydrogen) atoms. The Bertz CT molecular complexity index is 758. The molecule has 2 saturated heterocycles. The summed E-state index contributed by atoms with van der Waals surface area (Å²) in [5, 5.41) is 12.7. The van der Waals surface area contributed by atoms with Gasteiger partial charge in [0.05, 0.1) is 12.4 Å². The van der Waals surface area contributed by atoms with E-state index in [0.717, 1.165) is 6.42 Å². The molecular weight excluding hydrogens is 346 g/mol. The van der Waals surface area contributed by atoms with Crippen molar-refractivity contribution in [3.05, 3.63) is 18.5 Å². The number of H-pyrrole nitrogens is 1. The van der Waals surface area contributed by atoms with E-state index in [1.54, 1.807) is 6.20 Å². The van der Waals surface area contributed by atoms with E-state index >= 15 is 0 Å². The molecule has 2 aliphatic rings. The molecule has 4 atom stereocenters. The van der Waals surface area contributed by atoms with Gasteiger partial charge in [-0.3, -0.25) is 4.98 Å². The van der Waals surface area contributed by atoms with Gasteiger partial charge in [0, 0.05) is 24.1 Å². The van der Waals surface area contributed by atoms with Crippen LogP contribution >= 0.6 is 0 Å². The summed E-state index contributed by atoms with van der Waals surface area (Å²) in [5.41, 5.74) is 0. The number of aromatic amines is 1. The summed E-state index contributed by atoms with van der Waals surface area (Å²) in [7, 11) is 0. The fraction of sp³-hybridized carbons (Fsp3) is 0.562.